The molecular weight excluding hydrogens is 483 g/mol. The molecule has 8 heteroatoms. The Kier molecular flexibility index (Phi) is 16.8. The normalized spacial score (nSPS) is 11.2. The van der Waals surface area contributed by atoms with Gasteiger partial charge in [-0.1, -0.05) is 6.07 Å². The van der Waals surface area contributed by atoms with Crippen molar-refractivity contribution in [2.24, 2.45) is 4.99 Å². The SMILES string of the molecule is CCOc1cc(CCCNC(=NC)NCCN(C)CCCOC)ccc1OC.I. The first-order valence-electron chi connectivity index (χ1n) is 10.1. The summed E-state index contributed by atoms with van der Waals surface area (Å²) in [6.07, 6.45) is 3.03. The van der Waals surface area contributed by atoms with Crippen molar-refractivity contribution in [1.82, 2.24) is 15.5 Å². The summed E-state index contributed by atoms with van der Waals surface area (Å²) in [6, 6.07) is 6.13. The molecule has 0 atom stereocenters. The van der Waals surface area contributed by atoms with Gasteiger partial charge in [0, 0.05) is 46.9 Å². The van der Waals surface area contributed by atoms with Crippen LogP contribution in [0.2, 0.25) is 0 Å². The molecule has 1 aromatic carbocycles. The van der Waals surface area contributed by atoms with Crippen LogP contribution in [0.15, 0.2) is 23.2 Å². The molecule has 168 valence electrons. The van der Waals surface area contributed by atoms with Crippen LogP contribution in [0, 0.1) is 0 Å². The second kappa shape index (κ2) is 17.6. The lowest BCUT2D eigenvalue weighted by Gasteiger charge is -2.18. The molecule has 0 bridgehead atoms. The zero-order valence-corrected chi connectivity index (χ0v) is 21.0. The van der Waals surface area contributed by atoms with Crippen LogP contribution in [0.1, 0.15) is 25.3 Å². The number of nitrogens with zero attached hydrogens (tertiary/aromatic N) is 2. The molecule has 0 spiro atoms. The van der Waals surface area contributed by atoms with Gasteiger partial charge in [-0.3, -0.25) is 4.99 Å². The molecule has 0 aliphatic rings. The first-order valence-corrected chi connectivity index (χ1v) is 10.1. The number of aliphatic imine (C=N–C) groups is 1. The summed E-state index contributed by atoms with van der Waals surface area (Å²) in [5, 5.41) is 6.73. The summed E-state index contributed by atoms with van der Waals surface area (Å²) >= 11 is 0. The van der Waals surface area contributed by atoms with Crippen LogP contribution in [0.5, 0.6) is 11.5 Å². The highest BCUT2D eigenvalue weighted by atomic mass is 127. The lowest BCUT2D eigenvalue weighted by atomic mass is 10.1. The molecule has 0 fully saturated rings. The van der Waals surface area contributed by atoms with Crippen LogP contribution in [-0.2, 0) is 11.2 Å². The molecule has 1 rings (SSSR count). The van der Waals surface area contributed by atoms with E-state index < -0.39 is 0 Å². The topological polar surface area (TPSA) is 67.4 Å². The third-order valence-corrected chi connectivity index (χ3v) is 4.36. The fourth-order valence-electron chi connectivity index (χ4n) is 2.82. The third kappa shape index (κ3) is 12.1. The van der Waals surface area contributed by atoms with E-state index in [1.807, 2.05) is 13.0 Å². The number of rotatable bonds is 14. The Morgan fingerprint density at radius 1 is 1.07 bits per heavy atom. The van der Waals surface area contributed by atoms with E-state index in [-0.39, 0.29) is 24.0 Å². The van der Waals surface area contributed by atoms with Gasteiger partial charge in [0.15, 0.2) is 17.5 Å². The fourth-order valence-corrected chi connectivity index (χ4v) is 2.82. The van der Waals surface area contributed by atoms with E-state index in [0.29, 0.717) is 6.61 Å². The number of guanidine groups is 1. The molecule has 0 heterocycles. The quantitative estimate of drug-likeness (QED) is 0.170. The Labute approximate surface area is 193 Å². The summed E-state index contributed by atoms with van der Waals surface area (Å²) in [6.45, 7) is 7.14. The number of benzene rings is 1. The monoisotopic (exact) mass is 522 g/mol. The second-order valence-electron chi connectivity index (χ2n) is 6.60. The van der Waals surface area contributed by atoms with Gasteiger partial charge in [-0.25, -0.2) is 0 Å². The predicted molar refractivity (Wildman–Crippen MR) is 131 cm³/mol. The van der Waals surface area contributed by atoms with Gasteiger partial charge in [-0.05, 0) is 50.9 Å². The number of methoxy groups -OCH3 is 2. The molecule has 0 amide bonds. The summed E-state index contributed by atoms with van der Waals surface area (Å²) in [5.41, 5.74) is 1.24. The number of ether oxygens (including phenoxy) is 3. The molecule has 0 unspecified atom stereocenters. The van der Waals surface area contributed by atoms with Gasteiger partial charge in [-0.15, -0.1) is 24.0 Å². The maximum absolute atomic E-state index is 5.64. The highest BCUT2D eigenvalue weighted by molar-refractivity contribution is 14.0. The Morgan fingerprint density at radius 2 is 1.83 bits per heavy atom. The maximum Gasteiger partial charge on any atom is 0.191 e. The van der Waals surface area contributed by atoms with Gasteiger partial charge in [0.25, 0.3) is 0 Å². The average molecular weight is 522 g/mol. The summed E-state index contributed by atoms with van der Waals surface area (Å²) in [4.78, 5) is 6.58. The van der Waals surface area contributed by atoms with E-state index in [0.717, 1.165) is 69.5 Å². The van der Waals surface area contributed by atoms with Crippen LogP contribution in [0.25, 0.3) is 0 Å². The van der Waals surface area contributed by atoms with Crippen LogP contribution >= 0.6 is 24.0 Å². The van der Waals surface area contributed by atoms with E-state index in [2.05, 4.69) is 39.7 Å². The van der Waals surface area contributed by atoms with E-state index in [1.165, 1.54) is 5.56 Å². The third-order valence-electron chi connectivity index (χ3n) is 4.36. The number of likely N-dealkylation sites (N-methyl/N-ethyl adjacent to an activating group) is 1. The lowest BCUT2D eigenvalue weighted by Crippen LogP contribution is -2.41. The first-order chi connectivity index (χ1) is 13.6. The van der Waals surface area contributed by atoms with E-state index in [4.69, 9.17) is 14.2 Å². The zero-order chi connectivity index (χ0) is 20.6. The smallest absolute Gasteiger partial charge is 0.191 e. The summed E-state index contributed by atoms with van der Waals surface area (Å²) in [5.74, 6) is 2.43. The second-order valence-corrected chi connectivity index (χ2v) is 6.60. The Bertz CT molecular complexity index is 573. The van der Waals surface area contributed by atoms with E-state index >= 15 is 0 Å². The molecule has 0 saturated carbocycles. The standard InChI is InChI=1S/C21H38N4O3.HI/c1-6-28-20-17-18(10-11-19(20)27-5)9-7-12-23-21(22-2)24-13-15-25(3)14-8-16-26-4;/h10-11,17H,6-9,12-16H2,1-5H3,(H2,22,23,24);1H. The maximum atomic E-state index is 5.64. The van der Waals surface area contributed by atoms with Crippen molar-refractivity contribution in [3.8, 4) is 11.5 Å². The van der Waals surface area contributed by atoms with Crippen molar-refractivity contribution in [3.05, 3.63) is 23.8 Å². The molecule has 0 saturated heterocycles. The highest BCUT2D eigenvalue weighted by Crippen LogP contribution is 2.28. The van der Waals surface area contributed by atoms with Gasteiger partial charge in [0.1, 0.15) is 0 Å². The fraction of sp³-hybridized carbons (Fsp3) is 0.667. The molecule has 0 radical (unpaired) electrons. The van der Waals surface area contributed by atoms with Crippen LogP contribution in [-0.4, -0.2) is 78.6 Å². The first kappa shape index (κ1) is 27.7. The number of aryl methyl sites for hydroxylation is 1. The van der Waals surface area contributed by atoms with E-state index in [1.54, 1.807) is 21.3 Å². The number of nitrogens with one attached hydrogen (secondary N) is 2. The van der Waals surface area contributed by atoms with Crippen molar-refractivity contribution < 1.29 is 14.2 Å². The van der Waals surface area contributed by atoms with Gasteiger partial charge < -0.3 is 29.7 Å². The van der Waals surface area contributed by atoms with Crippen molar-refractivity contribution >= 4 is 29.9 Å². The number of hydrogen-bond acceptors (Lipinski definition) is 5. The number of hydrogen-bond donors (Lipinski definition) is 2. The minimum Gasteiger partial charge on any atom is -0.493 e. The summed E-state index contributed by atoms with van der Waals surface area (Å²) in [7, 11) is 7.33. The van der Waals surface area contributed by atoms with Crippen molar-refractivity contribution in [2.45, 2.75) is 26.2 Å². The van der Waals surface area contributed by atoms with Crippen molar-refractivity contribution in [2.75, 3.05) is 67.7 Å². The summed E-state index contributed by atoms with van der Waals surface area (Å²) < 4.78 is 16.1. The largest absolute Gasteiger partial charge is 0.493 e. The minimum atomic E-state index is 0. The molecule has 29 heavy (non-hydrogen) atoms. The van der Waals surface area contributed by atoms with Gasteiger partial charge in [0.05, 0.1) is 13.7 Å². The minimum absolute atomic E-state index is 0. The molecule has 0 aliphatic heterocycles. The van der Waals surface area contributed by atoms with Crippen molar-refractivity contribution in [3.63, 3.8) is 0 Å². The Balaban J connectivity index is 0.00000784. The molecule has 2 N–H and O–H groups in total. The molecule has 0 aromatic heterocycles. The molecule has 7 nitrogen and oxygen atoms in total. The van der Waals surface area contributed by atoms with Gasteiger partial charge in [0.2, 0.25) is 0 Å². The molecular formula is C21H39IN4O3. The molecule has 0 aliphatic carbocycles. The molecule has 1 aromatic rings. The van der Waals surface area contributed by atoms with Crippen LogP contribution in [0.3, 0.4) is 0 Å². The average Bonchev–Trinajstić information content (AvgIpc) is 2.70. The van der Waals surface area contributed by atoms with Gasteiger partial charge >= 0.3 is 0 Å². The Hall–Kier alpha value is -1.26. The highest BCUT2D eigenvalue weighted by Gasteiger charge is 2.06. The van der Waals surface area contributed by atoms with Crippen LogP contribution in [0.4, 0.5) is 0 Å². The van der Waals surface area contributed by atoms with Gasteiger partial charge in [-0.2, -0.15) is 0 Å². The zero-order valence-electron chi connectivity index (χ0n) is 18.6. The van der Waals surface area contributed by atoms with Crippen molar-refractivity contribution in [1.29, 1.82) is 0 Å². The lowest BCUT2D eigenvalue weighted by molar-refractivity contribution is 0.180. The predicted octanol–water partition coefficient (Wildman–Crippen LogP) is 2.78. The van der Waals surface area contributed by atoms with Crippen LogP contribution < -0.4 is 20.1 Å². The number of halogens is 1. The Morgan fingerprint density at radius 3 is 2.48 bits per heavy atom. The van der Waals surface area contributed by atoms with E-state index in [9.17, 15) is 0 Å².